The summed E-state index contributed by atoms with van der Waals surface area (Å²) in [5.74, 6) is 0. The number of methoxy groups -OCH3 is 1. The molecule has 6 nitrogen and oxygen atoms in total. The molecular weight excluding hydrogens is 370 g/mol. The summed E-state index contributed by atoms with van der Waals surface area (Å²) in [6.07, 6.45) is 0. The fourth-order valence-corrected chi connectivity index (χ4v) is 3.81. The Kier molecular flexibility index (Phi) is 8.82. The van der Waals surface area contributed by atoms with E-state index in [1.54, 1.807) is 25.3 Å². The molecule has 24 heavy (non-hydrogen) atoms. The van der Waals surface area contributed by atoms with Crippen molar-refractivity contribution in [2.24, 2.45) is 0 Å². The molecule has 1 heterocycles. The molecule has 0 spiro atoms. The number of aryl methyl sites for hydroxylation is 1. The van der Waals surface area contributed by atoms with Gasteiger partial charge in [0.25, 0.3) is 0 Å². The van der Waals surface area contributed by atoms with E-state index >= 15 is 0 Å². The Morgan fingerprint density at radius 3 is 2.71 bits per heavy atom. The van der Waals surface area contributed by atoms with Crippen LogP contribution >= 0.6 is 23.7 Å². The molecule has 0 radical (unpaired) electrons. The first kappa shape index (κ1) is 21.0. The third kappa shape index (κ3) is 6.12. The Bertz CT molecular complexity index is 735. The van der Waals surface area contributed by atoms with Crippen LogP contribution in [0.15, 0.2) is 34.5 Å². The quantitative estimate of drug-likeness (QED) is 0.639. The van der Waals surface area contributed by atoms with Crippen molar-refractivity contribution in [1.29, 1.82) is 0 Å². The van der Waals surface area contributed by atoms with Crippen molar-refractivity contribution in [3.05, 3.63) is 35.3 Å². The van der Waals surface area contributed by atoms with Crippen molar-refractivity contribution >= 4 is 33.8 Å². The summed E-state index contributed by atoms with van der Waals surface area (Å²) in [5.41, 5.74) is 1.74. The summed E-state index contributed by atoms with van der Waals surface area (Å²) < 4.78 is 32.2. The van der Waals surface area contributed by atoms with Crippen LogP contribution in [0.3, 0.4) is 0 Å². The highest BCUT2D eigenvalue weighted by Gasteiger charge is 2.14. The van der Waals surface area contributed by atoms with Crippen molar-refractivity contribution < 1.29 is 13.2 Å². The monoisotopic (exact) mass is 391 g/mol. The van der Waals surface area contributed by atoms with E-state index in [1.165, 1.54) is 11.3 Å². The molecule has 0 aliphatic heterocycles. The number of thiazole rings is 1. The lowest BCUT2D eigenvalue weighted by Crippen LogP contribution is -2.33. The SMILES string of the molecule is COCCNCCNS(=O)(=O)c1cccc(-c2nc(C)cs2)c1.Cl. The molecule has 0 saturated heterocycles. The summed E-state index contributed by atoms with van der Waals surface area (Å²) >= 11 is 1.50. The van der Waals surface area contributed by atoms with Gasteiger partial charge in [-0.1, -0.05) is 12.1 Å². The van der Waals surface area contributed by atoms with Gasteiger partial charge in [-0.3, -0.25) is 0 Å². The van der Waals surface area contributed by atoms with E-state index in [0.29, 0.717) is 26.2 Å². The zero-order valence-corrected chi connectivity index (χ0v) is 16.1. The molecule has 0 aliphatic rings. The minimum Gasteiger partial charge on any atom is -0.383 e. The Morgan fingerprint density at radius 2 is 2.04 bits per heavy atom. The summed E-state index contributed by atoms with van der Waals surface area (Å²) in [6, 6.07) is 6.84. The van der Waals surface area contributed by atoms with Gasteiger partial charge in [0.05, 0.1) is 11.5 Å². The zero-order chi connectivity index (χ0) is 16.7. The van der Waals surface area contributed by atoms with Crippen molar-refractivity contribution in [3.63, 3.8) is 0 Å². The first-order valence-corrected chi connectivity index (χ1v) is 9.61. The predicted molar refractivity (Wildman–Crippen MR) is 99.5 cm³/mol. The molecule has 0 unspecified atom stereocenters. The van der Waals surface area contributed by atoms with Gasteiger partial charge in [0, 0.05) is 43.4 Å². The summed E-state index contributed by atoms with van der Waals surface area (Å²) in [7, 11) is -1.89. The number of aromatic nitrogens is 1. The number of hydrogen-bond donors (Lipinski definition) is 2. The number of nitrogens with one attached hydrogen (secondary N) is 2. The lowest BCUT2D eigenvalue weighted by Gasteiger charge is -2.08. The van der Waals surface area contributed by atoms with Gasteiger partial charge in [0.1, 0.15) is 5.01 Å². The van der Waals surface area contributed by atoms with Gasteiger partial charge in [-0.15, -0.1) is 23.7 Å². The van der Waals surface area contributed by atoms with E-state index < -0.39 is 10.0 Å². The maximum atomic E-state index is 12.3. The normalized spacial score (nSPS) is 11.2. The number of sulfonamides is 1. The van der Waals surface area contributed by atoms with Crippen LogP contribution in [0.25, 0.3) is 10.6 Å². The Hall–Kier alpha value is -1.03. The fraction of sp³-hybridized carbons (Fsp3) is 0.400. The van der Waals surface area contributed by atoms with Crippen LogP contribution in [0, 0.1) is 6.92 Å². The molecule has 2 aromatic rings. The second-order valence-electron chi connectivity index (χ2n) is 4.96. The van der Waals surface area contributed by atoms with Crippen molar-refractivity contribution in [2.75, 3.05) is 33.4 Å². The number of halogens is 1. The number of benzene rings is 1. The van der Waals surface area contributed by atoms with Gasteiger partial charge >= 0.3 is 0 Å². The average molecular weight is 392 g/mol. The van der Waals surface area contributed by atoms with Crippen molar-refractivity contribution in [3.8, 4) is 10.6 Å². The number of ether oxygens (including phenoxy) is 1. The highest BCUT2D eigenvalue weighted by Crippen LogP contribution is 2.25. The Balaban J connectivity index is 0.00000288. The van der Waals surface area contributed by atoms with Gasteiger partial charge in [-0.05, 0) is 19.1 Å². The molecule has 0 atom stereocenters. The Labute approximate surface area is 153 Å². The summed E-state index contributed by atoms with van der Waals surface area (Å²) in [6.45, 7) is 4.08. The van der Waals surface area contributed by atoms with Gasteiger partial charge in [-0.25, -0.2) is 18.1 Å². The second-order valence-corrected chi connectivity index (χ2v) is 7.59. The second kappa shape index (κ2) is 10.1. The van der Waals surface area contributed by atoms with E-state index in [9.17, 15) is 8.42 Å². The van der Waals surface area contributed by atoms with Crippen LogP contribution < -0.4 is 10.0 Å². The average Bonchev–Trinajstić information content (AvgIpc) is 2.97. The molecule has 0 bridgehead atoms. The Morgan fingerprint density at radius 1 is 1.25 bits per heavy atom. The van der Waals surface area contributed by atoms with E-state index in [2.05, 4.69) is 15.0 Å². The third-order valence-corrected chi connectivity index (χ3v) is 5.56. The van der Waals surface area contributed by atoms with Gasteiger partial charge in [0.2, 0.25) is 10.0 Å². The van der Waals surface area contributed by atoms with Crippen LogP contribution in [0.1, 0.15) is 5.69 Å². The third-order valence-electron chi connectivity index (χ3n) is 3.09. The molecule has 0 aliphatic carbocycles. The lowest BCUT2D eigenvalue weighted by atomic mass is 10.2. The molecule has 2 N–H and O–H groups in total. The summed E-state index contributed by atoms with van der Waals surface area (Å²) in [5, 5.41) is 5.86. The summed E-state index contributed by atoms with van der Waals surface area (Å²) in [4.78, 5) is 4.64. The first-order chi connectivity index (χ1) is 11.0. The van der Waals surface area contributed by atoms with Crippen LogP contribution in [0.4, 0.5) is 0 Å². The topological polar surface area (TPSA) is 80.3 Å². The largest absolute Gasteiger partial charge is 0.383 e. The van der Waals surface area contributed by atoms with Gasteiger partial charge in [-0.2, -0.15) is 0 Å². The first-order valence-electron chi connectivity index (χ1n) is 7.25. The lowest BCUT2D eigenvalue weighted by molar-refractivity contribution is 0.199. The van der Waals surface area contributed by atoms with Crippen LogP contribution in [-0.2, 0) is 14.8 Å². The van der Waals surface area contributed by atoms with Crippen molar-refractivity contribution in [1.82, 2.24) is 15.0 Å². The smallest absolute Gasteiger partial charge is 0.240 e. The van der Waals surface area contributed by atoms with E-state index in [-0.39, 0.29) is 17.3 Å². The fourth-order valence-electron chi connectivity index (χ4n) is 1.94. The maximum absolute atomic E-state index is 12.3. The predicted octanol–water partition coefficient (Wildman–Crippen LogP) is 2.05. The van der Waals surface area contributed by atoms with Crippen LogP contribution in [0.5, 0.6) is 0 Å². The van der Waals surface area contributed by atoms with Crippen LogP contribution in [0.2, 0.25) is 0 Å². The molecule has 1 aromatic carbocycles. The highest BCUT2D eigenvalue weighted by molar-refractivity contribution is 7.89. The standard InChI is InChI=1S/C15H21N3O3S2.ClH/c1-12-11-22-15(18-12)13-4-3-5-14(10-13)23(19,20)17-7-6-16-8-9-21-2;/h3-5,10-11,16-17H,6-9H2,1-2H3;1H. The van der Waals surface area contributed by atoms with E-state index in [1.807, 2.05) is 18.4 Å². The van der Waals surface area contributed by atoms with Crippen molar-refractivity contribution in [2.45, 2.75) is 11.8 Å². The van der Waals surface area contributed by atoms with Gasteiger partial charge < -0.3 is 10.1 Å². The number of hydrogen-bond acceptors (Lipinski definition) is 6. The molecule has 0 saturated carbocycles. The molecule has 9 heteroatoms. The molecule has 0 amide bonds. The minimum absolute atomic E-state index is 0. The van der Waals surface area contributed by atoms with E-state index in [4.69, 9.17) is 4.74 Å². The molecule has 2 rings (SSSR count). The van der Waals surface area contributed by atoms with Crippen LogP contribution in [-0.4, -0.2) is 46.8 Å². The maximum Gasteiger partial charge on any atom is 0.240 e. The molecule has 0 fully saturated rings. The van der Waals surface area contributed by atoms with E-state index in [0.717, 1.165) is 16.3 Å². The molecular formula is C15H22ClN3O3S2. The highest BCUT2D eigenvalue weighted by atomic mass is 35.5. The molecule has 134 valence electrons. The van der Waals surface area contributed by atoms with Gasteiger partial charge in [0.15, 0.2) is 0 Å². The molecule has 1 aromatic heterocycles. The number of rotatable bonds is 9. The zero-order valence-electron chi connectivity index (χ0n) is 13.6. The minimum atomic E-state index is -3.52. The number of nitrogens with zero attached hydrogens (tertiary/aromatic N) is 1.